The van der Waals surface area contributed by atoms with Gasteiger partial charge in [0.1, 0.15) is 17.3 Å². The van der Waals surface area contributed by atoms with Crippen LogP contribution in [0.25, 0.3) is 11.4 Å². The van der Waals surface area contributed by atoms with Crippen molar-refractivity contribution in [1.29, 1.82) is 0 Å². The lowest BCUT2D eigenvalue weighted by molar-refractivity contribution is -0.147. The number of amides is 1. The monoisotopic (exact) mass is 518 g/mol. The highest BCUT2D eigenvalue weighted by Gasteiger charge is 2.37. The number of nitrogens with zero attached hydrogens (tertiary/aromatic N) is 5. The van der Waals surface area contributed by atoms with Crippen LogP contribution in [0.3, 0.4) is 0 Å². The minimum absolute atomic E-state index is 0.000731. The first-order valence-corrected chi connectivity index (χ1v) is 11.7. The van der Waals surface area contributed by atoms with Crippen molar-refractivity contribution in [3.8, 4) is 22.9 Å². The molecule has 2 aromatic heterocycles. The molecule has 0 saturated carbocycles. The number of ether oxygens (including phenoxy) is 2. The Morgan fingerprint density at radius 1 is 1.14 bits per heavy atom. The number of carbonyl (C=O) groups is 1. The van der Waals surface area contributed by atoms with Gasteiger partial charge in [-0.1, -0.05) is 0 Å². The number of aryl methyl sites for hydroxylation is 2. The number of anilines is 1. The molecule has 0 radical (unpaired) electrons. The number of hydrogen-bond acceptors (Lipinski definition) is 7. The summed E-state index contributed by atoms with van der Waals surface area (Å²) >= 11 is 0. The number of methoxy groups -OCH3 is 2. The molecule has 0 spiro atoms. The van der Waals surface area contributed by atoms with Crippen LogP contribution in [0.5, 0.6) is 11.5 Å². The van der Waals surface area contributed by atoms with E-state index >= 15 is 0 Å². The Balaban J connectivity index is 1.42. The molecule has 1 aliphatic rings. The van der Waals surface area contributed by atoms with Crippen molar-refractivity contribution in [2.75, 3.05) is 32.6 Å². The van der Waals surface area contributed by atoms with Crippen molar-refractivity contribution in [3.63, 3.8) is 0 Å². The molecule has 3 aromatic rings. The van der Waals surface area contributed by atoms with Crippen molar-refractivity contribution in [1.82, 2.24) is 24.6 Å². The minimum Gasteiger partial charge on any atom is -0.497 e. The molecule has 4 rings (SSSR count). The summed E-state index contributed by atoms with van der Waals surface area (Å²) in [6, 6.07) is 8.74. The van der Waals surface area contributed by atoms with Crippen LogP contribution < -0.4 is 14.8 Å². The van der Waals surface area contributed by atoms with E-state index in [1.165, 1.54) is 7.05 Å². The van der Waals surface area contributed by atoms with Gasteiger partial charge in [-0.05, 0) is 50.1 Å². The number of hydrogen-bond donors (Lipinski definition) is 1. The Morgan fingerprint density at radius 2 is 1.81 bits per heavy atom. The molecule has 0 unspecified atom stereocenters. The average molecular weight is 519 g/mol. The first-order valence-electron chi connectivity index (χ1n) is 11.7. The Labute approximate surface area is 212 Å². The number of carbonyl (C=O) groups excluding carboxylic acids is 1. The van der Waals surface area contributed by atoms with E-state index in [1.54, 1.807) is 39.3 Å². The number of benzene rings is 1. The quantitative estimate of drug-likeness (QED) is 0.505. The first-order chi connectivity index (χ1) is 17.5. The molecule has 37 heavy (non-hydrogen) atoms. The molecule has 0 aliphatic carbocycles. The van der Waals surface area contributed by atoms with E-state index in [4.69, 9.17) is 9.47 Å². The summed E-state index contributed by atoms with van der Waals surface area (Å²) in [5, 5.41) is 7.23. The zero-order valence-electron chi connectivity index (χ0n) is 21.3. The lowest BCUT2D eigenvalue weighted by Crippen LogP contribution is -2.34. The third kappa shape index (κ3) is 5.62. The number of aromatic nitrogens is 4. The highest BCUT2D eigenvalue weighted by atomic mass is 19.4. The maximum absolute atomic E-state index is 13.2. The summed E-state index contributed by atoms with van der Waals surface area (Å²) in [7, 11) is 4.34. The topological polar surface area (TPSA) is 94.4 Å². The maximum atomic E-state index is 13.2. The summed E-state index contributed by atoms with van der Waals surface area (Å²) in [5.41, 5.74) is 1.72. The van der Waals surface area contributed by atoms with Crippen LogP contribution in [0.15, 0.2) is 30.3 Å². The number of alkyl halides is 3. The summed E-state index contributed by atoms with van der Waals surface area (Å²) in [4.78, 5) is 23.2. The van der Waals surface area contributed by atoms with Crippen LogP contribution in [0.1, 0.15) is 36.3 Å². The largest absolute Gasteiger partial charge is 0.497 e. The van der Waals surface area contributed by atoms with Crippen LogP contribution in [0.2, 0.25) is 0 Å². The summed E-state index contributed by atoms with van der Waals surface area (Å²) in [6.45, 7) is 4.65. The molecule has 198 valence electrons. The fourth-order valence-electron chi connectivity index (χ4n) is 4.41. The molecular formula is C25H29F3N6O3. The Hall–Kier alpha value is -3.83. The van der Waals surface area contributed by atoms with Crippen molar-refractivity contribution in [2.24, 2.45) is 7.05 Å². The van der Waals surface area contributed by atoms with Crippen molar-refractivity contribution < 1.29 is 27.4 Å². The molecule has 9 nitrogen and oxygen atoms in total. The van der Waals surface area contributed by atoms with Crippen LogP contribution in [0.4, 0.5) is 19.0 Å². The molecular weight excluding hydrogens is 489 g/mol. The van der Waals surface area contributed by atoms with Gasteiger partial charge in [-0.25, -0.2) is 14.6 Å². The molecule has 1 aromatic carbocycles. The zero-order valence-corrected chi connectivity index (χ0v) is 21.3. The van der Waals surface area contributed by atoms with E-state index in [0.29, 0.717) is 46.3 Å². The van der Waals surface area contributed by atoms with Crippen molar-refractivity contribution >= 4 is 11.7 Å². The first kappa shape index (κ1) is 26.2. The van der Waals surface area contributed by atoms with Crippen molar-refractivity contribution in [3.05, 3.63) is 47.4 Å². The van der Waals surface area contributed by atoms with Gasteiger partial charge in [0, 0.05) is 37.8 Å². The average Bonchev–Trinajstić information content (AvgIpc) is 3.49. The van der Waals surface area contributed by atoms with Gasteiger partial charge in [0.2, 0.25) is 11.7 Å². The predicted molar refractivity (Wildman–Crippen MR) is 131 cm³/mol. The lowest BCUT2D eigenvalue weighted by Gasteiger charge is -2.22. The molecule has 0 bridgehead atoms. The molecule has 12 heteroatoms. The fraction of sp³-hybridized carbons (Fsp3) is 0.440. The maximum Gasteiger partial charge on any atom is 0.451 e. The number of halogens is 3. The third-order valence-corrected chi connectivity index (χ3v) is 6.44. The molecule has 3 heterocycles. The second kappa shape index (κ2) is 10.3. The lowest BCUT2D eigenvalue weighted by atomic mass is 9.99. The number of rotatable bonds is 7. The molecule has 2 atom stereocenters. The van der Waals surface area contributed by atoms with Gasteiger partial charge >= 0.3 is 6.18 Å². The van der Waals surface area contributed by atoms with Gasteiger partial charge in [-0.2, -0.15) is 18.3 Å². The molecule has 1 fully saturated rings. The summed E-state index contributed by atoms with van der Waals surface area (Å²) < 4.78 is 50.6. The van der Waals surface area contributed by atoms with Gasteiger partial charge in [-0.15, -0.1) is 0 Å². The van der Waals surface area contributed by atoms with E-state index in [0.717, 1.165) is 12.0 Å². The van der Waals surface area contributed by atoms with E-state index in [2.05, 4.69) is 20.4 Å². The highest BCUT2D eigenvalue weighted by molar-refractivity contribution is 5.84. The Bertz CT molecular complexity index is 1270. The van der Waals surface area contributed by atoms with Crippen LogP contribution >= 0.6 is 0 Å². The second-order valence-electron chi connectivity index (χ2n) is 8.99. The molecule has 1 saturated heterocycles. The van der Waals surface area contributed by atoms with Gasteiger partial charge in [-0.3, -0.25) is 4.79 Å². The van der Waals surface area contributed by atoms with Gasteiger partial charge in [0.05, 0.1) is 25.8 Å². The molecule has 1 amide bonds. The normalized spacial score (nSPS) is 16.5. The van der Waals surface area contributed by atoms with E-state index in [1.807, 2.05) is 24.0 Å². The van der Waals surface area contributed by atoms with Crippen molar-refractivity contribution in [2.45, 2.75) is 38.4 Å². The van der Waals surface area contributed by atoms with Gasteiger partial charge in [0.25, 0.3) is 0 Å². The van der Waals surface area contributed by atoms with Gasteiger partial charge < -0.3 is 19.7 Å². The number of pyridine rings is 1. The minimum atomic E-state index is -4.59. The highest BCUT2D eigenvalue weighted by Crippen LogP contribution is 2.31. The van der Waals surface area contributed by atoms with E-state index < -0.39 is 12.0 Å². The standard InChI is InChI=1S/C25H29F3N6O3/c1-14(16-10-18(36-4)12-19(11-16)37-5)23(35)34-9-8-17(13-34)30-21-7-6-20(15(2)29-21)22-31-24(25(26,27)28)33(3)32-22/h6-7,10-12,14,17H,8-9,13H2,1-5H3,(H,29,30)/t14-,17+/m1/s1. The second-order valence-corrected chi connectivity index (χ2v) is 8.99. The smallest absolute Gasteiger partial charge is 0.451 e. The SMILES string of the molecule is COc1cc(OC)cc([C@@H](C)C(=O)N2CC[C@H](Nc3ccc(-c4nc(C(F)(F)F)n(C)n4)c(C)n3)C2)c1. The Kier molecular flexibility index (Phi) is 7.28. The van der Waals surface area contributed by atoms with Crippen LogP contribution in [0, 0.1) is 6.92 Å². The molecule has 1 aliphatic heterocycles. The number of nitrogens with one attached hydrogen (secondary N) is 1. The zero-order chi connectivity index (χ0) is 26.9. The van der Waals surface area contributed by atoms with E-state index in [9.17, 15) is 18.0 Å². The van der Waals surface area contributed by atoms with Gasteiger partial charge in [0.15, 0.2) is 5.82 Å². The predicted octanol–water partition coefficient (Wildman–Crippen LogP) is 4.04. The third-order valence-electron chi connectivity index (χ3n) is 6.44. The number of likely N-dealkylation sites (tertiary alicyclic amines) is 1. The fourth-order valence-corrected chi connectivity index (χ4v) is 4.41. The van der Waals surface area contributed by atoms with E-state index in [-0.39, 0.29) is 23.7 Å². The molecule has 1 N–H and O–H groups in total. The summed E-state index contributed by atoms with van der Waals surface area (Å²) in [5.74, 6) is 0.327. The van der Waals surface area contributed by atoms with Crippen LogP contribution in [-0.2, 0) is 18.0 Å². The summed E-state index contributed by atoms with van der Waals surface area (Å²) in [6.07, 6.45) is -3.86. The Morgan fingerprint density at radius 3 is 2.38 bits per heavy atom. The van der Waals surface area contributed by atoms with Crippen LogP contribution in [-0.4, -0.2) is 63.9 Å².